The number of rotatable bonds is 8. The van der Waals surface area contributed by atoms with Crippen LogP contribution in [0.15, 0.2) is 48.5 Å². The lowest BCUT2D eigenvalue weighted by molar-refractivity contribution is 0.0951. The van der Waals surface area contributed by atoms with E-state index >= 15 is 0 Å². The number of likely N-dealkylation sites (N-methyl/N-ethyl adjacent to an activating group) is 1. The third kappa shape index (κ3) is 6.53. The quantitative estimate of drug-likeness (QED) is 0.727. The van der Waals surface area contributed by atoms with Crippen LogP contribution in [0.2, 0.25) is 5.02 Å². The van der Waals surface area contributed by atoms with Crippen molar-refractivity contribution in [1.29, 1.82) is 0 Å². The molecule has 0 saturated carbocycles. The van der Waals surface area contributed by atoms with E-state index in [1.54, 1.807) is 48.5 Å². The van der Waals surface area contributed by atoms with Crippen LogP contribution in [0.1, 0.15) is 15.9 Å². The van der Waals surface area contributed by atoms with Gasteiger partial charge >= 0.3 is 0 Å². The molecule has 0 bridgehead atoms. The Labute approximate surface area is 165 Å². The van der Waals surface area contributed by atoms with E-state index < -0.39 is 10.0 Å². The van der Waals surface area contributed by atoms with Gasteiger partial charge in [-0.2, -0.15) is 0 Å². The fraction of sp³-hybridized carbons (Fsp3) is 0.316. The van der Waals surface area contributed by atoms with Gasteiger partial charge in [0.2, 0.25) is 10.0 Å². The van der Waals surface area contributed by atoms with Gasteiger partial charge in [-0.1, -0.05) is 23.7 Å². The highest BCUT2D eigenvalue weighted by Gasteiger charge is 2.18. The number of hydrogen-bond donors (Lipinski definition) is 1. The van der Waals surface area contributed by atoms with Crippen LogP contribution in [0, 0.1) is 0 Å². The van der Waals surface area contributed by atoms with E-state index in [1.807, 2.05) is 19.0 Å². The molecule has 0 atom stereocenters. The summed E-state index contributed by atoms with van der Waals surface area (Å²) >= 11 is 5.88. The molecular formula is C19H24ClN3O3S. The van der Waals surface area contributed by atoms with Gasteiger partial charge in [0.15, 0.2) is 0 Å². The van der Waals surface area contributed by atoms with Crippen molar-refractivity contribution in [3.8, 4) is 0 Å². The van der Waals surface area contributed by atoms with Crippen LogP contribution in [-0.2, 0) is 16.6 Å². The normalized spacial score (nSPS) is 11.4. The highest BCUT2D eigenvalue weighted by Crippen LogP contribution is 2.22. The first-order valence-corrected chi connectivity index (χ1v) is 10.6. The van der Waals surface area contributed by atoms with Crippen LogP contribution in [0.25, 0.3) is 0 Å². The molecule has 2 aromatic rings. The minimum absolute atomic E-state index is 0.185. The van der Waals surface area contributed by atoms with E-state index in [9.17, 15) is 13.2 Å². The van der Waals surface area contributed by atoms with E-state index in [0.717, 1.165) is 18.4 Å². The summed E-state index contributed by atoms with van der Waals surface area (Å²) in [6, 6.07) is 13.5. The Morgan fingerprint density at radius 2 is 1.63 bits per heavy atom. The Kier molecular flexibility index (Phi) is 7.24. The number of carbonyl (C=O) groups is 1. The predicted octanol–water partition coefficient (Wildman–Crippen LogP) is 2.60. The lowest BCUT2D eigenvalue weighted by Gasteiger charge is -2.23. The van der Waals surface area contributed by atoms with Gasteiger partial charge in [0.1, 0.15) is 0 Å². The van der Waals surface area contributed by atoms with E-state index in [0.29, 0.717) is 22.8 Å². The van der Waals surface area contributed by atoms with Crippen LogP contribution >= 0.6 is 11.6 Å². The van der Waals surface area contributed by atoms with E-state index in [4.69, 9.17) is 11.6 Å². The smallest absolute Gasteiger partial charge is 0.251 e. The lowest BCUT2D eigenvalue weighted by Crippen LogP contribution is -2.31. The summed E-state index contributed by atoms with van der Waals surface area (Å²) in [6.07, 6.45) is 1.16. The molecule has 0 aliphatic rings. The predicted molar refractivity (Wildman–Crippen MR) is 110 cm³/mol. The van der Waals surface area contributed by atoms with Gasteiger partial charge < -0.3 is 10.2 Å². The van der Waals surface area contributed by atoms with Crippen LogP contribution in [0.3, 0.4) is 0 Å². The summed E-state index contributed by atoms with van der Waals surface area (Å²) in [6.45, 7) is 1.47. The van der Waals surface area contributed by atoms with Gasteiger partial charge in [-0.05, 0) is 56.1 Å². The molecule has 0 unspecified atom stereocenters. The van der Waals surface area contributed by atoms with Gasteiger partial charge in [0.25, 0.3) is 5.91 Å². The first kappa shape index (κ1) is 21.2. The molecule has 0 aromatic heterocycles. The molecule has 0 spiro atoms. The molecule has 0 heterocycles. The fourth-order valence-electron chi connectivity index (χ4n) is 2.43. The molecule has 0 aliphatic carbocycles. The number of nitrogens with zero attached hydrogens (tertiary/aromatic N) is 2. The van der Waals surface area contributed by atoms with Crippen molar-refractivity contribution in [2.24, 2.45) is 0 Å². The molecule has 0 radical (unpaired) electrons. The minimum Gasteiger partial charge on any atom is -0.351 e. The zero-order valence-corrected chi connectivity index (χ0v) is 17.2. The summed E-state index contributed by atoms with van der Waals surface area (Å²) in [5, 5.41) is 3.42. The third-order valence-electron chi connectivity index (χ3n) is 3.90. The number of amides is 1. The molecule has 8 heteroatoms. The molecule has 2 rings (SSSR count). The van der Waals surface area contributed by atoms with Crippen molar-refractivity contribution in [2.75, 3.05) is 37.7 Å². The maximum Gasteiger partial charge on any atom is 0.251 e. The number of nitrogens with one attached hydrogen (secondary N) is 1. The summed E-state index contributed by atoms with van der Waals surface area (Å²) in [4.78, 5) is 14.1. The molecule has 1 amide bonds. The molecule has 0 fully saturated rings. The molecule has 146 valence electrons. The van der Waals surface area contributed by atoms with Crippen molar-refractivity contribution in [2.45, 2.75) is 6.54 Å². The Morgan fingerprint density at radius 3 is 2.15 bits per heavy atom. The fourth-order valence-corrected chi connectivity index (χ4v) is 3.44. The number of sulfonamides is 1. The van der Waals surface area contributed by atoms with Crippen LogP contribution < -0.4 is 9.62 Å². The monoisotopic (exact) mass is 409 g/mol. The van der Waals surface area contributed by atoms with Gasteiger partial charge in [-0.3, -0.25) is 9.10 Å². The molecule has 0 saturated heterocycles. The number of benzene rings is 2. The molecule has 27 heavy (non-hydrogen) atoms. The Balaban J connectivity index is 2.15. The Morgan fingerprint density at radius 1 is 1.04 bits per heavy atom. The molecule has 6 nitrogen and oxygen atoms in total. The van der Waals surface area contributed by atoms with Crippen molar-refractivity contribution in [1.82, 2.24) is 10.2 Å². The van der Waals surface area contributed by atoms with Gasteiger partial charge in [-0.25, -0.2) is 8.42 Å². The maximum atomic E-state index is 12.2. The second-order valence-corrected chi connectivity index (χ2v) is 8.85. The summed E-state index contributed by atoms with van der Waals surface area (Å²) in [5.41, 5.74) is 1.80. The van der Waals surface area contributed by atoms with E-state index in [1.165, 1.54) is 4.31 Å². The Bertz CT molecular complexity index is 866. The number of halogens is 1. The third-order valence-corrected chi connectivity index (χ3v) is 5.29. The number of anilines is 1. The van der Waals surface area contributed by atoms with Gasteiger partial charge in [-0.15, -0.1) is 0 Å². The largest absolute Gasteiger partial charge is 0.351 e. The number of hydrogen-bond acceptors (Lipinski definition) is 4. The summed E-state index contributed by atoms with van der Waals surface area (Å²) in [7, 11) is 0.375. The average molecular weight is 410 g/mol. The molecule has 0 aliphatic heterocycles. The maximum absolute atomic E-state index is 12.2. The highest BCUT2D eigenvalue weighted by molar-refractivity contribution is 7.92. The zero-order chi connectivity index (χ0) is 20.0. The first-order chi connectivity index (χ1) is 12.7. The highest BCUT2D eigenvalue weighted by atomic mass is 35.5. The van der Waals surface area contributed by atoms with Crippen LogP contribution in [-0.4, -0.2) is 52.7 Å². The molecular weight excluding hydrogens is 386 g/mol. The second-order valence-electron chi connectivity index (χ2n) is 6.50. The van der Waals surface area contributed by atoms with Crippen molar-refractivity contribution in [3.63, 3.8) is 0 Å². The molecule has 2 aromatic carbocycles. The first-order valence-electron chi connectivity index (χ1n) is 8.42. The number of carbonyl (C=O) groups excluding carboxylic acids is 1. The SMILES string of the molecule is CN(C)CCNC(=O)c1ccc(N(Cc2ccc(Cl)cc2)S(C)(=O)=O)cc1. The van der Waals surface area contributed by atoms with Gasteiger partial charge in [0, 0.05) is 23.7 Å². The van der Waals surface area contributed by atoms with Crippen molar-refractivity contribution in [3.05, 3.63) is 64.7 Å². The lowest BCUT2D eigenvalue weighted by atomic mass is 10.1. The average Bonchev–Trinajstić information content (AvgIpc) is 2.60. The van der Waals surface area contributed by atoms with Crippen molar-refractivity contribution >= 4 is 33.2 Å². The standard InChI is InChI=1S/C19H24ClN3O3S/c1-22(2)13-12-21-19(24)16-6-10-18(11-7-16)23(27(3,25)26)14-15-4-8-17(20)9-5-15/h4-11H,12-14H2,1-3H3,(H,21,24). The molecule has 1 N–H and O–H groups in total. The minimum atomic E-state index is -3.49. The Hall–Kier alpha value is -2.09. The van der Waals surface area contributed by atoms with E-state index in [-0.39, 0.29) is 12.5 Å². The zero-order valence-electron chi connectivity index (χ0n) is 15.6. The summed E-state index contributed by atoms with van der Waals surface area (Å²) in [5.74, 6) is -0.188. The van der Waals surface area contributed by atoms with Crippen LogP contribution in [0.4, 0.5) is 5.69 Å². The summed E-state index contributed by atoms with van der Waals surface area (Å²) < 4.78 is 25.8. The van der Waals surface area contributed by atoms with E-state index in [2.05, 4.69) is 5.32 Å². The van der Waals surface area contributed by atoms with Crippen LogP contribution in [0.5, 0.6) is 0 Å². The van der Waals surface area contributed by atoms with Crippen molar-refractivity contribution < 1.29 is 13.2 Å². The van der Waals surface area contributed by atoms with Gasteiger partial charge in [0.05, 0.1) is 18.5 Å². The second kappa shape index (κ2) is 9.21. The topological polar surface area (TPSA) is 69.7 Å².